The molecule has 1 heterocycles. The quantitative estimate of drug-likeness (QED) is 0.112. The van der Waals surface area contributed by atoms with Gasteiger partial charge in [-0.3, -0.25) is 0 Å². The molecule has 2 saturated carbocycles. The monoisotopic (exact) mass is 612 g/mol. The van der Waals surface area contributed by atoms with Gasteiger partial charge in [0.25, 0.3) is 0 Å². The Bertz CT molecular complexity index is 1420. The zero-order valence-electron chi connectivity index (χ0n) is 22.9. The van der Waals surface area contributed by atoms with Crippen molar-refractivity contribution < 1.29 is 26.3 Å². The van der Waals surface area contributed by atoms with Crippen LogP contribution in [-0.2, 0) is 25.4 Å². The number of hydrogen-bond acceptors (Lipinski definition) is 4. The lowest BCUT2D eigenvalue weighted by molar-refractivity contribution is -0.143. The molecule has 2 aromatic carbocycles. The van der Waals surface area contributed by atoms with Crippen molar-refractivity contribution in [3.05, 3.63) is 69.7 Å². The smallest absolute Gasteiger partial charge is 0.368 e. The van der Waals surface area contributed by atoms with Crippen LogP contribution < -0.4 is 16.1 Å². The fraction of sp³-hybridized carbons (Fsp3) is 0.448. The number of rotatable bonds is 10. The molecule has 0 atom stereocenters. The van der Waals surface area contributed by atoms with E-state index in [1.807, 2.05) is 12.1 Å². The van der Waals surface area contributed by atoms with E-state index in [4.69, 9.17) is 22.3 Å². The lowest BCUT2D eigenvalue weighted by atomic mass is 10.0. The van der Waals surface area contributed by atoms with Crippen molar-refractivity contribution in [2.24, 2.45) is 22.7 Å². The average molecular weight is 613 g/mol. The second-order valence-electron chi connectivity index (χ2n) is 11.0. The molecule has 3 aromatic rings. The van der Waals surface area contributed by atoms with E-state index in [2.05, 4.69) is 15.4 Å². The predicted molar refractivity (Wildman–Crippen MR) is 151 cm³/mol. The molecule has 2 aliphatic carbocycles. The Hall–Kier alpha value is -3.41. The number of pyridine rings is 1. The molecule has 6 nitrogen and oxygen atoms in total. The summed E-state index contributed by atoms with van der Waals surface area (Å²) < 4.78 is 81.5. The van der Waals surface area contributed by atoms with E-state index in [-0.39, 0.29) is 30.7 Å². The average Bonchev–Trinajstić information content (AvgIpc) is 3.84. The normalized spacial score (nSPS) is 16.1. The van der Waals surface area contributed by atoms with Gasteiger partial charge < -0.3 is 21.0 Å². The Labute approximate surface area is 244 Å². The molecule has 0 amide bonds. The molecule has 226 valence electrons. The second-order valence-corrected chi connectivity index (χ2v) is 11.4. The van der Waals surface area contributed by atoms with Gasteiger partial charge in [0, 0.05) is 44.2 Å². The summed E-state index contributed by atoms with van der Waals surface area (Å²) in [6, 6.07) is 8.83. The van der Waals surface area contributed by atoms with Gasteiger partial charge in [0.2, 0.25) is 5.96 Å². The number of benzene rings is 2. The molecule has 0 bridgehead atoms. The van der Waals surface area contributed by atoms with Crippen molar-refractivity contribution in [3.63, 3.8) is 0 Å². The SMILES string of the molecule is CN/N=C(\N)N(Cc1cc(C(F)(F)F)cc(C(F)(F)F)c1)Cc1cc2cccc(Cl)c2nc1N(CC1CC1)CC1CC1. The molecule has 42 heavy (non-hydrogen) atoms. The molecule has 1 aromatic heterocycles. The van der Waals surface area contributed by atoms with Crippen LogP contribution in [0.2, 0.25) is 5.02 Å². The van der Waals surface area contributed by atoms with E-state index in [9.17, 15) is 26.3 Å². The molecule has 13 heteroatoms. The van der Waals surface area contributed by atoms with Crippen LogP contribution in [-0.4, -0.2) is 36.0 Å². The number of fused-ring (bicyclic) bond motifs is 1. The van der Waals surface area contributed by atoms with Crippen molar-refractivity contribution in [2.75, 3.05) is 25.0 Å². The highest BCUT2D eigenvalue weighted by Crippen LogP contribution is 2.39. The molecular weight excluding hydrogens is 582 g/mol. The van der Waals surface area contributed by atoms with Crippen molar-refractivity contribution in [2.45, 2.75) is 51.1 Å². The van der Waals surface area contributed by atoms with Gasteiger partial charge in [-0.15, -0.1) is 5.10 Å². The number of guanidine groups is 1. The lowest BCUT2D eigenvalue weighted by Gasteiger charge is -2.30. The minimum atomic E-state index is -4.97. The summed E-state index contributed by atoms with van der Waals surface area (Å²) >= 11 is 6.51. The maximum absolute atomic E-state index is 13.6. The number of hydrazone groups is 1. The maximum atomic E-state index is 13.6. The van der Waals surface area contributed by atoms with Crippen molar-refractivity contribution in [1.29, 1.82) is 0 Å². The van der Waals surface area contributed by atoms with Gasteiger partial charge in [0.15, 0.2) is 0 Å². The van der Waals surface area contributed by atoms with Crippen LogP contribution in [0.5, 0.6) is 0 Å². The van der Waals surface area contributed by atoms with Gasteiger partial charge in [-0.2, -0.15) is 26.3 Å². The van der Waals surface area contributed by atoms with Crippen LogP contribution in [0.1, 0.15) is 47.9 Å². The Morgan fingerprint density at radius 3 is 2.07 bits per heavy atom. The Kier molecular flexibility index (Phi) is 8.37. The Balaban J connectivity index is 1.57. The number of nitrogens with two attached hydrogens (primary N) is 1. The Morgan fingerprint density at radius 2 is 1.55 bits per heavy atom. The van der Waals surface area contributed by atoms with Crippen molar-refractivity contribution >= 4 is 34.3 Å². The van der Waals surface area contributed by atoms with E-state index >= 15 is 0 Å². The molecule has 0 aliphatic heterocycles. The first-order valence-electron chi connectivity index (χ1n) is 13.7. The van der Waals surface area contributed by atoms with Crippen molar-refractivity contribution in [1.82, 2.24) is 15.3 Å². The largest absolute Gasteiger partial charge is 0.416 e. The first kappa shape index (κ1) is 30.1. The number of halogens is 7. The van der Waals surface area contributed by atoms with E-state index in [0.717, 1.165) is 44.2 Å². The van der Waals surface area contributed by atoms with Gasteiger partial charge in [-0.05, 0) is 73.4 Å². The van der Waals surface area contributed by atoms with Gasteiger partial charge >= 0.3 is 12.4 Å². The molecule has 3 N–H and O–H groups in total. The number of hydrogen-bond donors (Lipinski definition) is 2. The maximum Gasteiger partial charge on any atom is 0.416 e. The highest BCUT2D eigenvalue weighted by molar-refractivity contribution is 6.35. The van der Waals surface area contributed by atoms with E-state index in [1.165, 1.54) is 11.9 Å². The summed E-state index contributed by atoms with van der Waals surface area (Å²) in [5.41, 5.74) is 7.12. The first-order valence-corrected chi connectivity index (χ1v) is 14.1. The molecule has 0 unspecified atom stereocenters. The minimum Gasteiger partial charge on any atom is -0.368 e. The molecule has 2 fully saturated rings. The fourth-order valence-corrected chi connectivity index (χ4v) is 5.22. The number of alkyl halides is 6. The third-order valence-corrected chi connectivity index (χ3v) is 7.74. The van der Waals surface area contributed by atoms with E-state index in [1.54, 1.807) is 12.1 Å². The predicted octanol–water partition coefficient (Wildman–Crippen LogP) is 7.00. The number of anilines is 1. The van der Waals surface area contributed by atoms with Crippen LogP contribution in [0, 0.1) is 11.8 Å². The van der Waals surface area contributed by atoms with Crippen molar-refractivity contribution in [3.8, 4) is 0 Å². The van der Waals surface area contributed by atoms with Gasteiger partial charge in [-0.1, -0.05) is 23.7 Å². The summed E-state index contributed by atoms with van der Waals surface area (Å²) in [5, 5.41) is 5.23. The van der Waals surface area contributed by atoms with E-state index < -0.39 is 23.5 Å². The van der Waals surface area contributed by atoms with Crippen LogP contribution in [0.25, 0.3) is 10.9 Å². The topological polar surface area (TPSA) is 69.8 Å². The first-order chi connectivity index (χ1) is 19.8. The lowest BCUT2D eigenvalue weighted by Crippen LogP contribution is -2.38. The summed E-state index contributed by atoms with van der Waals surface area (Å²) in [5.74, 6) is 1.66. The molecule has 0 saturated heterocycles. The van der Waals surface area contributed by atoms with Gasteiger partial charge in [-0.25, -0.2) is 4.98 Å². The van der Waals surface area contributed by atoms with Crippen LogP contribution in [0.4, 0.5) is 32.2 Å². The highest BCUT2D eigenvalue weighted by atomic mass is 35.5. The fourth-order valence-electron chi connectivity index (χ4n) is 5.00. The summed E-state index contributed by atoms with van der Waals surface area (Å²) in [4.78, 5) is 8.65. The third kappa shape index (κ3) is 7.32. The van der Waals surface area contributed by atoms with E-state index in [0.29, 0.717) is 45.9 Å². The van der Waals surface area contributed by atoms with Crippen LogP contribution >= 0.6 is 11.6 Å². The number of aromatic nitrogens is 1. The summed E-state index contributed by atoms with van der Waals surface area (Å²) in [6.07, 6.45) is -5.45. The molecule has 0 radical (unpaired) electrons. The Morgan fingerprint density at radius 1 is 0.952 bits per heavy atom. The summed E-state index contributed by atoms with van der Waals surface area (Å²) in [6.45, 7) is 1.28. The zero-order chi connectivity index (χ0) is 30.2. The van der Waals surface area contributed by atoms with Crippen LogP contribution in [0.15, 0.2) is 47.6 Å². The highest BCUT2D eigenvalue weighted by Gasteiger charge is 2.37. The zero-order valence-corrected chi connectivity index (χ0v) is 23.6. The molecule has 5 rings (SSSR count). The third-order valence-electron chi connectivity index (χ3n) is 7.44. The molecule has 0 spiro atoms. The van der Waals surface area contributed by atoms with Crippen LogP contribution in [0.3, 0.4) is 0 Å². The van der Waals surface area contributed by atoms with Gasteiger partial charge in [0.1, 0.15) is 5.82 Å². The minimum absolute atomic E-state index is 0.0330. The number of para-hydroxylation sites is 1. The number of nitrogens with one attached hydrogen (secondary N) is 1. The number of nitrogens with zero attached hydrogens (tertiary/aromatic N) is 4. The molecule has 2 aliphatic rings. The molecular formula is C29H31ClF6N6. The summed E-state index contributed by atoms with van der Waals surface area (Å²) in [7, 11) is 1.50. The van der Waals surface area contributed by atoms with Gasteiger partial charge in [0.05, 0.1) is 21.7 Å². The second kappa shape index (κ2) is 11.7. The standard InChI is InChI=1S/C29H31ClF6N6/c1-38-40-27(37)42(15-19-9-22(28(31,32)33)12-23(10-19)29(34,35)36)16-21-11-20-3-2-4-24(30)25(20)39-26(21)41(13-17-5-6-17)14-18-7-8-18/h2-4,9-12,17-18,38H,5-8,13-16H2,1H3,(H2,37,40).